The van der Waals surface area contributed by atoms with Crippen molar-refractivity contribution >= 4 is 27.3 Å². The number of nitrogens with one attached hydrogen (secondary N) is 1. The van der Waals surface area contributed by atoms with E-state index in [0.29, 0.717) is 0 Å². The highest BCUT2D eigenvalue weighted by molar-refractivity contribution is 9.10. The third-order valence-electron chi connectivity index (χ3n) is 3.08. The van der Waals surface area contributed by atoms with Gasteiger partial charge in [-0.2, -0.15) is 0 Å². The molecule has 2 aromatic rings. The van der Waals surface area contributed by atoms with Crippen molar-refractivity contribution < 1.29 is 4.39 Å². The van der Waals surface area contributed by atoms with Gasteiger partial charge in [-0.05, 0) is 58.7 Å². The number of rotatable bonds is 5. The second-order valence-corrected chi connectivity index (χ2v) is 6.46. The number of halogens is 2. The molecule has 0 aliphatic heterocycles. The zero-order chi connectivity index (χ0) is 13.8. The molecular weight excluding hydrogens is 325 g/mol. The van der Waals surface area contributed by atoms with Gasteiger partial charge in [-0.1, -0.05) is 13.0 Å². The minimum Gasteiger partial charge on any atom is -0.310 e. The van der Waals surface area contributed by atoms with Gasteiger partial charge >= 0.3 is 0 Å². The van der Waals surface area contributed by atoms with E-state index in [-0.39, 0.29) is 11.9 Å². The Morgan fingerprint density at radius 1 is 1.37 bits per heavy atom. The fourth-order valence-electron chi connectivity index (χ4n) is 2.23. The largest absolute Gasteiger partial charge is 0.310 e. The lowest BCUT2D eigenvalue weighted by molar-refractivity contribution is 0.548. The summed E-state index contributed by atoms with van der Waals surface area (Å²) in [7, 11) is 0. The predicted molar refractivity (Wildman–Crippen MR) is 83.3 cm³/mol. The maximum atomic E-state index is 13.2. The van der Waals surface area contributed by atoms with E-state index < -0.39 is 0 Å². The standard InChI is InChI=1S/C15H17BrFNS/c1-3-18-15(8-13-7-11(16)9-19-13)14-5-4-12(17)6-10(14)2/h4-7,9,15,18H,3,8H2,1-2H3. The normalized spacial score (nSPS) is 12.6. The molecule has 0 aliphatic carbocycles. The van der Waals surface area contributed by atoms with E-state index in [9.17, 15) is 4.39 Å². The molecule has 102 valence electrons. The Labute approximate surface area is 126 Å². The predicted octanol–water partition coefficient (Wildman–Crippen LogP) is 4.85. The molecule has 2 rings (SSSR count). The summed E-state index contributed by atoms with van der Waals surface area (Å²) in [5, 5.41) is 5.58. The van der Waals surface area contributed by atoms with Crippen LogP contribution in [0.1, 0.15) is 29.0 Å². The molecule has 1 atom stereocenters. The van der Waals surface area contributed by atoms with E-state index in [2.05, 4.69) is 39.6 Å². The summed E-state index contributed by atoms with van der Waals surface area (Å²) in [6.45, 7) is 4.96. The van der Waals surface area contributed by atoms with Crippen molar-refractivity contribution in [3.8, 4) is 0 Å². The Bertz CT molecular complexity index is 553. The van der Waals surface area contributed by atoms with Gasteiger partial charge in [0.15, 0.2) is 0 Å². The summed E-state index contributed by atoms with van der Waals surface area (Å²) < 4.78 is 14.3. The smallest absolute Gasteiger partial charge is 0.123 e. The van der Waals surface area contributed by atoms with Crippen LogP contribution in [0.15, 0.2) is 34.1 Å². The molecular formula is C15H17BrFNS. The molecule has 1 N–H and O–H groups in total. The first-order valence-corrected chi connectivity index (χ1v) is 7.99. The van der Waals surface area contributed by atoms with Crippen molar-refractivity contribution in [2.45, 2.75) is 26.3 Å². The number of thiophene rings is 1. The third kappa shape index (κ3) is 3.88. The molecule has 0 fully saturated rings. The van der Waals surface area contributed by atoms with Crippen LogP contribution in [0.3, 0.4) is 0 Å². The van der Waals surface area contributed by atoms with Gasteiger partial charge in [-0.3, -0.25) is 0 Å². The second-order valence-electron chi connectivity index (χ2n) is 4.55. The minimum atomic E-state index is -0.171. The van der Waals surface area contributed by atoms with Crippen molar-refractivity contribution in [3.63, 3.8) is 0 Å². The molecule has 0 aliphatic rings. The van der Waals surface area contributed by atoms with Crippen LogP contribution in [-0.4, -0.2) is 6.54 Å². The van der Waals surface area contributed by atoms with E-state index >= 15 is 0 Å². The lowest BCUT2D eigenvalue weighted by Gasteiger charge is -2.20. The van der Waals surface area contributed by atoms with Crippen LogP contribution < -0.4 is 5.32 Å². The van der Waals surface area contributed by atoms with Gasteiger partial charge in [-0.25, -0.2) is 4.39 Å². The van der Waals surface area contributed by atoms with Gasteiger partial charge in [-0.15, -0.1) is 11.3 Å². The number of aryl methyl sites for hydroxylation is 1. The topological polar surface area (TPSA) is 12.0 Å². The van der Waals surface area contributed by atoms with Crippen LogP contribution in [0.4, 0.5) is 4.39 Å². The molecule has 1 aromatic heterocycles. The molecule has 0 radical (unpaired) electrons. The first kappa shape index (κ1) is 14.7. The molecule has 4 heteroatoms. The summed E-state index contributed by atoms with van der Waals surface area (Å²) in [6.07, 6.45) is 0.927. The average Bonchev–Trinajstić information content (AvgIpc) is 2.74. The van der Waals surface area contributed by atoms with Gasteiger partial charge in [0.2, 0.25) is 0 Å². The summed E-state index contributed by atoms with van der Waals surface area (Å²) in [5.74, 6) is -0.171. The van der Waals surface area contributed by atoms with E-state index in [1.165, 1.54) is 16.5 Å². The Hall–Kier alpha value is -0.710. The zero-order valence-electron chi connectivity index (χ0n) is 11.0. The molecule has 0 amide bonds. The first-order valence-electron chi connectivity index (χ1n) is 6.32. The summed E-state index contributed by atoms with van der Waals surface area (Å²) in [6, 6.07) is 7.41. The highest BCUT2D eigenvalue weighted by Gasteiger charge is 2.15. The molecule has 0 bridgehead atoms. The van der Waals surface area contributed by atoms with Gasteiger partial charge in [0.1, 0.15) is 5.82 Å². The Kier molecular flexibility index (Phi) is 5.13. The zero-order valence-corrected chi connectivity index (χ0v) is 13.4. The first-order chi connectivity index (χ1) is 9.10. The summed E-state index contributed by atoms with van der Waals surface area (Å²) >= 11 is 5.23. The van der Waals surface area contributed by atoms with Crippen molar-refractivity contribution in [1.82, 2.24) is 5.32 Å². The van der Waals surface area contributed by atoms with Crippen LogP contribution >= 0.6 is 27.3 Å². The molecule has 1 heterocycles. The van der Waals surface area contributed by atoms with Crippen molar-refractivity contribution in [3.05, 3.63) is 55.9 Å². The Morgan fingerprint density at radius 2 is 2.16 bits per heavy atom. The maximum absolute atomic E-state index is 13.2. The molecule has 1 unspecified atom stereocenters. The van der Waals surface area contributed by atoms with Crippen LogP contribution in [0, 0.1) is 12.7 Å². The fourth-order valence-corrected chi connectivity index (χ4v) is 3.73. The monoisotopic (exact) mass is 341 g/mol. The number of benzene rings is 1. The van der Waals surface area contributed by atoms with E-state index in [0.717, 1.165) is 23.0 Å². The lowest BCUT2D eigenvalue weighted by Crippen LogP contribution is -2.23. The number of likely N-dealkylation sites (N-methyl/N-ethyl adjacent to an activating group) is 1. The molecule has 0 saturated heterocycles. The molecule has 1 nitrogen and oxygen atoms in total. The third-order valence-corrected chi connectivity index (χ3v) is 4.80. The van der Waals surface area contributed by atoms with Crippen LogP contribution in [0.5, 0.6) is 0 Å². The van der Waals surface area contributed by atoms with E-state index in [4.69, 9.17) is 0 Å². The summed E-state index contributed by atoms with van der Waals surface area (Å²) in [4.78, 5) is 1.32. The average molecular weight is 342 g/mol. The highest BCUT2D eigenvalue weighted by atomic mass is 79.9. The second kappa shape index (κ2) is 6.64. The molecule has 19 heavy (non-hydrogen) atoms. The van der Waals surface area contributed by atoms with Crippen LogP contribution in [0.2, 0.25) is 0 Å². The minimum absolute atomic E-state index is 0.171. The fraction of sp³-hybridized carbons (Fsp3) is 0.333. The number of hydrogen-bond acceptors (Lipinski definition) is 2. The van der Waals surface area contributed by atoms with Crippen molar-refractivity contribution in [1.29, 1.82) is 0 Å². The van der Waals surface area contributed by atoms with Crippen molar-refractivity contribution in [2.24, 2.45) is 0 Å². The van der Waals surface area contributed by atoms with Crippen LogP contribution in [-0.2, 0) is 6.42 Å². The molecule has 0 spiro atoms. The van der Waals surface area contributed by atoms with Gasteiger partial charge < -0.3 is 5.32 Å². The lowest BCUT2D eigenvalue weighted by atomic mass is 9.98. The maximum Gasteiger partial charge on any atom is 0.123 e. The Balaban J connectivity index is 2.23. The quantitative estimate of drug-likeness (QED) is 0.819. The van der Waals surface area contributed by atoms with Crippen LogP contribution in [0.25, 0.3) is 0 Å². The molecule has 1 aromatic carbocycles. The van der Waals surface area contributed by atoms with E-state index in [1.807, 2.05) is 13.0 Å². The summed E-state index contributed by atoms with van der Waals surface area (Å²) in [5.41, 5.74) is 2.18. The number of hydrogen-bond donors (Lipinski definition) is 1. The molecule has 0 saturated carbocycles. The highest BCUT2D eigenvalue weighted by Crippen LogP contribution is 2.27. The van der Waals surface area contributed by atoms with Gasteiger partial charge in [0.25, 0.3) is 0 Å². The Morgan fingerprint density at radius 3 is 2.74 bits per heavy atom. The SMILES string of the molecule is CCNC(Cc1cc(Br)cs1)c1ccc(F)cc1C. The van der Waals surface area contributed by atoms with Gasteiger partial charge in [0.05, 0.1) is 0 Å². The van der Waals surface area contributed by atoms with E-state index in [1.54, 1.807) is 17.4 Å². The van der Waals surface area contributed by atoms with Crippen molar-refractivity contribution in [2.75, 3.05) is 6.54 Å². The van der Waals surface area contributed by atoms with Gasteiger partial charge in [0, 0.05) is 27.2 Å².